The van der Waals surface area contributed by atoms with Gasteiger partial charge < -0.3 is 14.8 Å². The van der Waals surface area contributed by atoms with Crippen molar-refractivity contribution in [3.8, 4) is 11.5 Å². The minimum atomic E-state index is 0.230. The van der Waals surface area contributed by atoms with Gasteiger partial charge in [-0.1, -0.05) is 6.07 Å². The standard InChI is InChI=1S/C14H21NO2/c1-11(8-9-15-12-6-7-12)17-14-5-3-4-13(10-14)16-2/h3-5,10-12,15H,6-9H2,1-2H3. The van der Waals surface area contributed by atoms with Crippen molar-refractivity contribution in [2.24, 2.45) is 0 Å². The van der Waals surface area contributed by atoms with Crippen molar-refractivity contribution in [3.05, 3.63) is 24.3 Å². The second-order valence-electron chi connectivity index (χ2n) is 4.62. The van der Waals surface area contributed by atoms with Crippen LogP contribution in [-0.2, 0) is 0 Å². The molecule has 1 fully saturated rings. The number of rotatable bonds is 7. The van der Waals surface area contributed by atoms with E-state index >= 15 is 0 Å². The van der Waals surface area contributed by atoms with Gasteiger partial charge in [-0.3, -0.25) is 0 Å². The molecule has 1 N–H and O–H groups in total. The van der Waals surface area contributed by atoms with Crippen molar-refractivity contribution in [1.29, 1.82) is 0 Å². The molecule has 1 unspecified atom stereocenters. The van der Waals surface area contributed by atoms with E-state index in [0.717, 1.165) is 30.5 Å². The first-order valence-electron chi connectivity index (χ1n) is 6.32. The molecule has 0 aromatic heterocycles. The Hall–Kier alpha value is -1.22. The van der Waals surface area contributed by atoms with E-state index < -0.39 is 0 Å². The molecule has 1 atom stereocenters. The third kappa shape index (κ3) is 4.27. The summed E-state index contributed by atoms with van der Waals surface area (Å²) in [5.41, 5.74) is 0. The summed E-state index contributed by atoms with van der Waals surface area (Å²) in [5.74, 6) is 1.72. The average Bonchev–Trinajstić information content (AvgIpc) is 3.13. The first-order chi connectivity index (χ1) is 8.28. The van der Waals surface area contributed by atoms with Gasteiger partial charge in [-0.25, -0.2) is 0 Å². The summed E-state index contributed by atoms with van der Waals surface area (Å²) in [6.07, 6.45) is 3.94. The first-order valence-corrected chi connectivity index (χ1v) is 6.32. The molecule has 0 spiro atoms. The second kappa shape index (κ2) is 5.92. The van der Waals surface area contributed by atoms with E-state index in [4.69, 9.17) is 9.47 Å². The number of hydrogen-bond donors (Lipinski definition) is 1. The molecule has 1 saturated carbocycles. The smallest absolute Gasteiger partial charge is 0.123 e. The number of benzene rings is 1. The molecule has 2 rings (SSSR count). The van der Waals surface area contributed by atoms with Gasteiger partial charge in [0.2, 0.25) is 0 Å². The van der Waals surface area contributed by atoms with Crippen molar-refractivity contribution in [3.63, 3.8) is 0 Å². The van der Waals surface area contributed by atoms with Crippen LogP contribution >= 0.6 is 0 Å². The zero-order chi connectivity index (χ0) is 12.1. The highest BCUT2D eigenvalue weighted by Crippen LogP contribution is 2.21. The lowest BCUT2D eigenvalue weighted by Crippen LogP contribution is -2.23. The molecule has 3 nitrogen and oxygen atoms in total. The van der Waals surface area contributed by atoms with Crippen LogP contribution in [0.25, 0.3) is 0 Å². The van der Waals surface area contributed by atoms with Crippen molar-refractivity contribution in [2.75, 3.05) is 13.7 Å². The maximum absolute atomic E-state index is 5.84. The van der Waals surface area contributed by atoms with E-state index in [1.54, 1.807) is 7.11 Å². The predicted octanol–water partition coefficient (Wildman–Crippen LogP) is 2.60. The Morgan fingerprint density at radius 3 is 2.82 bits per heavy atom. The highest BCUT2D eigenvalue weighted by atomic mass is 16.5. The van der Waals surface area contributed by atoms with Crippen LogP contribution in [-0.4, -0.2) is 25.8 Å². The number of hydrogen-bond acceptors (Lipinski definition) is 3. The van der Waals surface area contributed by atoms with Crippen LogP contribution in [0.4, 0.5) is 0 Å². The molecule has 17 heavy (non-hydrogen) atoms. The third-order valence-corrected chi connectivity index (χ3v) is 2.94. The van der Waals surface area contributed by atoms with E-state index in [9.17, 15) is 0 Å². The van der Waals surface area contributed by atoms with Crippen molar-refractivity contribution in [1.82, 2.24) is 5.32 Å². The summed E-state index contributed by atoms with van der Waals surface area (Å²) >= 11 is 0. The summed E-state index contributed by atoms with van der Waals surface area (Å²) in [7, 11) is 1.67. The van der Waals surface area contributed by atoms with Crippen LogP contribution in [0, 0.1) is 0 Å². The molecule has 0 bridgehead atoms. The maximum Gasteiger partial charge on any atom is 0.123 e. The van der Waals surface area contributed by atoms with Gasteiger partial charge >= 0.3 is 0 Å². The minimum Gasteiger partial charge on any atom is -0.497 e. The van der Waals surface area contributed by atoms with E-state index in [1.165, 1.54) is 12.8 Å². The second-order valence-corrected chi connectivity index (χ2v) is 4.62. The monoisotopic (exact) mass is 235 g/mol. The van der Waals surface area contributed by atoms with Gasteiger partial charge in [0.1, 0.15) is 11.5 Å². The van der Waals surface area contributed by atoms with Gasteiger partial charge in [0.15, 0.2) is 0 Å². The lowest BCUT2D eigenvalue weighted by molar-refractivity contribution is 0.209. The lowest BCUT2D eigenvalue weighted by Gasteiger charge is -2.15. The zero-order valence-corrected chi connectivity index (χ0v) is 10.6. The normalized spacial score (nSPS) is 16.6. The van der Waals surface area contributed by atoms with Crippen LogP contribution in [0.3, 0.4) is 0 Å². The van der Waals surface area contributed by atoms with Gasteiger partial charge in [-0.2, -0.15) is 0 Å². The lowest BCUT2D eigenvalue weighted by atomic mass is 10.2. The van der Waals surface area contributed by atoms with Gasteiger partial charge in [0, 0.05) is 12.1 Å². The average molecular weight is 235 g/mol. The fourth-order valence-electron chi connectivity index (χ4n) is 1.74. The van der Waals surface area contributed by atoms with Crippen LogP contribution in [0.1, 0.15) is 26.2 Å². The summed E-state index contributed by atoms with van der Waals surface area (Å²) in [4.78, 5) is 0. The zero-order valence-electron chi connectivity index (χ0n) is 10.6. The Bertz CT molecular complexity index is 350. The third-order valence-electron chi connectivity index (χ3n) is 2.94. The minimum absolute atomic E-state index is 0.230. The Labute approximate surface area is 103 Å². The molecule has 0 saturated heterocycles. The molecule has 0 heterocycles. The summed E-state index contributed by atoms with van der Waals surface area (Å²) < 4.78 is 11.0. The Morgan fingerprint density at radius 2 is 2.12 bits per heavy atom. The van der Waals surface area contributed by atoms with Gasteiger partial charge in [0.25, 0.3) is 0 Å². The molecule has 1 aliphatic carbocycles. The quantitative estimate of drug-likeness (QED) is 0.788. The van der Waals surface area contributed by atoms with Crippen molar-refractivity contribution < 1.29 is 9.47 Å². The highest BCUT2D eigenvalue weighted by molar-refractivity contribution is 5.32. The van der Waals surface area contributed by atoms with E-state index in [2.05, 4.69) is 12.2 Å². The first kappa shape index (κ1) is 12.2. The van der Waals surface area contributed by atoms with E-state index in [-0.39, 0.29) is 6.10 Å². The molecule has 0 aliphatic heterocycles. The highest BCUT2D eigenvalue weighted by Gasteiger charge is 2.20. The van der Waals surface area contributed by atoms with Gasteiger partial charge in [0.05, 0.1) is 13.2 Å². The van der Waals surface area contributed by atoms with Crippen LogP contribution < -0.4 is 14.8 Å². The summed E-state index contributed by atoms with van der Waals surface area (Å²) in [6, 6.07) is 8.53. The number of methoxy groups -OCH3 is 1. The largest absolute Gasteiger partial charge is 0.497 e. The van der Waals surface area contributed by atoms with Crippen molar-refractivity contribution >= 4 is 0 Å². The van der Waals surface area contributed by atoms with Crippen LogP contribution in [0.2, 0.25) is 0 Å². The Kier molecular flexibility index (Phi) is 4.26. The Morgan fingerprint density at radius 1 is 1.35 bits per heavy atom. The fourth-order valence-corrected chi connectivity index (χ4v) is 1.74. The predicted molar refractivity (Wildman–Crippen MR) is 68.7 cm³/mol. The molecule has 1 aromatic rings. The SMILES string of the molecule is COc1cccc(OC(C)CCNC2CC2)c1. The molecule has 3 heteroatoms. The molecule has 94 valence electrons. The van der Waals surface area contributed by atoms with Gasteiger partial charge in [-0.15, -0.1) is 0 Å². The number of nitrogens with one attached hydrogen (secondary N) is 1. The number of ether oxygens (including phenoxy) is 2. The fraction of sp³-hybridized carbons (Fsp3) is 0.571. The molecule has 1 aromatic carbocycles. The molecular weight excluding hydrogens is 214 g/mol. The molecule has 0 amide bonds. The Balaban J connectivity index is 1.73. The van der Waals surface area contributed by atoms with Crippen molar-refractivity contribution in [2.45, 2.75) is 38.3 Å². The summed E-state index contributed by atoms with van der Waals surface area (Å²) in [6.45, 7) is 3.14. The molecular formula is C14H21NO2. The van der Waals surface area contributed by atoms with Gasteiger partial charge in [-0.05, 0) is 44.9 Å². The molecule has 1 aliphatic rings. The van der Waals surface area contributed by atoms with E-state index in [1.807, 2.05) is 24.3 Å². The van der Waals surface area contributed by atoms with E-state index in [0.29, 0.717) is 0 Å². The van der Waals surface area contributed by atoms with Crippen LogP contribution in [0.5, 0.6) is 11.5 Å². The molecule has 0 radical (unpaired) electrons. The topological polar surface area (TPSA) is 30.5 Å². The summed E-state index contributed by atoms with van der Waals surface area (Å²) in [5, 5.41) is 3.49. The van der Waals surface area contributed by atoms with Crippen LogP contribution in [0.15, 0.2) is 24.3 Å². The maximum atomic E-state index is 5.84.